The van der Waals surface area contributed by atoms with Crippen LogP contribution in [0.4, 0.5) is 0 Å². The molecule has 0 aliphatic carbocycles. The van der Waals surface area contributed by atoms with Gasteiger partial charge >= 0.3 is 0 Å². The van der Waals surface area contributed by atoms with Crippen molar-refractivity contribution < 1.29 is 14.3 Å². The summed E-state index contributed by atoms with van der Waals surface area (Å²) < 4.78 is 11.3. The summed E-state index contributed by atoms with van der Waals surface area (Å²) >= 11 is 1.61. The van der Waals surface area contributed by atoms with Crippen LogP contribution < -0.4 is 14.8 Å². The Hall–Kier alpha value is -2.90. The summed E-state index contributed by atoms with van der Waals surface area (Å²) in [5.41, 5.74) is 2.17. The van der Waals surface area contributed by atoms with E-state index in [1.807, 2.05) is 48.7 Å². The summed E-state index contributed by atoms with van der Waals surface area (Å²) in [5, 5.41) is 3.79. The predicted molar refractivity (Wildman–Crippen MR) is 113 cm³/mol. The number of hydrogen-bond donors (Lipinski definition) is 1. The molecule has 0 saturated carbocycles. The van der Waals surface area contributed by atoms with Crippen molar-refractivity contribution >= 4 is 17.2 Å². The number of carbonyl (C=O) groups excluding carboxylic acids is 1. The van der Waals surface area contributed by atoms with Crippen LogP contribution in [-0.2, 0) is 17.9 Å². The van der Waals surface area contributed by atoms with Crippen LogP contribution in [0.3, 0.4) is 0 Å². The summed E-state index contributed by atoms with van der Waals surface area (Å²) in [6, 6.07) is 15.9. The molecule has 0 radical (unpaired) electrons. The molecule has 1 N–H and O–H groups in total. The highest BCUT2D eigenvalue weighted by Crippen LogP contribution is 2.28. The number of amides is 1. The molecule has 0 unspecified atom stereocenters. The lowest BCUT2D eigenvalue weighted by molar-refractivity contribution is -0.124. The third-order valence-electron chi connectivity index (χ3n) is 4.67. The molecule has 7 heteroatoms. The van der Waals surface area contributed by atoms with Gasteiger partial charge in [-0.15, -0.1) is 11.3 Å². The predicted octanol–water partition coefficient (Wildman–Crippen LogP) is 3.33. The molecule has 4 rings (SSSR count). The summed E-state index contributed by atoms with van der Waals surface area (Å²) in [6.45, 7) is 3.22. The molecule has 6 nitrogen and oxygen atoms in total. The van der Waals surface area contributed by atoms with Crippen LogP contribution in [0, 0.1) is 0 Å². The molecule has 29 heavy (non-hydrogen) atoms. The fraction of sp³-hybridized carbons (Fsp3) is 0.273. The minimum atomic E-state index is 0.0840. The lowest BCUT2D eigenvalue weighted by Gasteiger charge is -2.26. The van der Waals surface area contributed by atoms with Gasteiger partial charge in [-0.2, -0.15) is 0 Å². The maximum atomic E-state index is 11.5. The number of nitrogens with zero attached hydrogens (tertiary/aromatic N) is 2. The van der Waals surface area contributed by atoms with Gasteiger partial charge in [0.25, 0.3) is 0 Å². The van der Waals surface area contributed by atoms with E-state index in [4.69, 9.17) is 9.47 Å². The lowest BCUT2D eigenvalue weighted by atomic mass is 10.2. The monoisotopic (exact) mass is 409 g/mol. The Morgan fingerprint density at radius 1 is 1.17 bits per heavy atom. The maximum absolute atomic E-state index is 11.5. The fourth-order valence-electron chi connectivity index (χ4n) is 3.24. The van der Waals surface area contributed by atoms with Crippen LogP contribution in [0.1, 0.15) is 10.4 Å². The molecular formula is C22H23N3O3S. The minimum absolute atomic E-state index is 0.0840. The largest absolute Gasteiger partial charge is 0.497 e. The van der Waals surface area contributed by atoms with Gasteiger partial charge < -0.3 is 14.8 Å². The van der Waals surface area contributed by atoms with Crippen molar-refractivity contribution in [2.24, 2.45) is 0 Å². The van der Waals surface area contributed by atoms with E-state index in [1.165, 1.54) is 0 Å². The third-order valence-corrected chi connectivity index (χ3v) is 5.69. The Balaban J connectivity index is 1.37. The van der Waals surface area contributed by atoms with Crippen molar-refractivity contribution in [2.45, 2.75) is 13.2 Å². The molecule has 150 valence electrons. The van der Waals surface area contributed by atoms with Crippen molar-refractivity contribution in [3.63, 3.8) is 0 Å². The van der Waals surface area contributed by atoms with E-state index in [1.54, 1.807) is 18.4 Å². The zero-order valence-corrected chi connectivity index (χ0v) is 17.1. The van der Waals surface area contributed by atoms with Crippen molar-refractivity contribution in [1.82, 2.24) is 15.2 Å². The molecule has 1 aromatic heterocycles. The van der Waals surface area contributed by atoms with Crippen LogP contribution in [0.25, 0.3) is 10.6 Å². The zero-order chi connectivity index (χ0) is 20.1. The molecule has 2 aromatic carbocycles. The first kappa shape index (κ1) is 19.4. The van der Waals surface area contributed by atoms with Gasteiger partial charge in [-0.05, 0) is 29.8 Å². The van der Waals surface area contributed by atoms with Gasteiger partial charge in [-0.3, -0.25) is 9.69 Å². The molecular weight excluding hydrogens is 386 g/mol. The van der Waals surface area contributed by atoms with Gasteiger partial charge in [0.1, 0.15) is 23.1 Å². The Morgan fingerprint density at radius 3 is 2.90 bits per heavy atom. The zero-order valence-electron chi connectivity index (χ0n) is 16.3. The second-order valence-electron chi connectivity index (χ2n) is 6.86. The lowest BCUT2D eigenvalue weighted by Crippen LogP contribution is -2.47. The molecule has 1 aliphatic heterocycles. The Morgan fingerprint density at radius 2 is 2.03 bits per heavy atom. The second-order valence-corrected chi connectivity index (χ2v) is 7.98. The molecule has 1 saturated heterocycles. The molecule has 3 aromatic rings. The van der Waals surface area contributed by atoms with Crippen LogP contribution in [0.15, 0.2) is 54.7 Å². The van der Waals surface area contributed by atoms with Crippen LogP contribution in [-0.4, -0.2) is 42.5 Å². The van der Waals surface area contributed by atoms with Crippen LogP contribution in [0.5, 0.6) is 11.5 Å². The second kappa shape index (κ2) is 9.07. The molecule has 1 amide bonds. The van der Waals surface area contributed by atoms with Gasteiger partial charge in [0.05, 0.1) is 18.5 Å². The Labute approximate surface area is 174 Å². The number of piperazine rings is 1. The van der Waals surface area contributed by atoms with Gasteiger partial charge in [-0.25, -0.2) is 4.98 Å². The maximum Gasteiger partial charge on any atom is 0.234 e. The number of nitrogens with one attached hydrogen (secondary N) is 1. The van der Waals surface area contributed by atoms with Crippen molar-refractivity contribution in [1.29, 1.82) is 0 Å². The van der Waals surface area contributed by atoms with Crippen LogP contribution in [0.2, 0.25) is 0 Å². The SMILES string of the molecule is COc1cccc(-c2ncc(COc3cccc(CN4CCNC(=O)C4)c3)s2)c1. The van der Waals surface area contributed by atoms with E-state index >= 15 is 0 Å². The van der Waals surface area contributed by atoms with Crippen molar-refractivity contribution in [3.05, 3.63) is 65.2 Å². The van der Waals surface area contributed by atoms with Crippen LogP contribution >= 0.6 is 11.3 Å². The van der Waals surface area contributed by atoms with E-state index in [2.05, 4.69) is 21.3 Å². The van der Waals surface area contributed by atoms with E-state index in [0.29, 0.717) is 19.7 Å². The highest BCUT2D eigenvalue weighted by atomic mass is 32.1. The number of methoxy groups -OCH3 is 1. The highest BCUT2D eigenvalue weighted by molar-refractivity contribution is 7.15. The third kappa shape index (κ3) is 5.13. The van der Waals surface area contributed by atoms with Gasteiger partial charge in [0.15, 0.2) is 0 Å². The standard InChI is InChI=1S/C22H23N3O3S/c1-27-18-6-3-5-17(11-18)22-24-12-20(29-22)15-28-19-7-2-4-16(10-19)13-25-9-8-23-21(26)14-25/h2-7,10-12H,8-9,13-15H2,1H3,(H,23,26). The summed E-state index contributed by atoms with van der Waals surface area (Å²) in [4.78, 5) is 19.3. The average Bonchev–Trinajstić information content (AvgIpc) is 3.22. The van der Waals surface area contributed by atoms with Gasteiger partial charge in [0.2, 0.25) is 5.91 Å². The summed E-state index contributed by atoms with van der Waals surface area (Å²) in [7, 11) is 1.66. The smallest absolute Gasteiger partial charge is 0.234 e. The Bertz CT molecular complexity index is 989. The number of rotatable bonds is 7. The number of ether oxygens (including phenoxy) is 2. The molecule has 2 heterocycles. The quantitative estimate of drug-likeness (QED) is 0.649. The normalized spacial score (nSPS) is 14.4. The van der Waals surface area contributed by atoms with Gasteiger partial charge in [-0.1, -0.05) is 24.3 Å². The molecule has 0 bridgehead atoms. The van der Waals surface area contributed by atoms with Crippen molar-refractivity contribution in [3.8, 4) is 22.1 Å². The number of aromatic nitrogens is 1. The number of thiazole rings is 1. The minimum Gasteiger partial charge on any atom is -0.497 e. The molecule has 0 atom stereocenters. The summed E-state index contributed by atoms with van der Waals surface area (Å²) in [5.74, 6) is 1.72. The highest BCUT2D eigenvalue weighted by Gasteiger charge is 2.16. The number of hydrogen-bond acceptors (Lipinski definition) is 6. The fourth-order valence-corrected chi connectivity index (χ4v) is 4.06. The molecule has 1 aliphatic rings. The van der Waals surface area contributed by atoms with E-state index in [9.17, 15) is 4.79 Å². The van der Waals surface area contributed by atoms with E-state index < -0.39 is 0 Å². The number of benzene rings is 2. The summed E-state index contributed by atoms with van der Waals surface area (Å²) in [6.07, 6.45) is 1.86. The van der Waals surface area contributed by atoms with Crippen molar-refractivity contribution in [2.75, 3.05) is 26.7 Å². The Kier molecular flexibility index (Phi) is 6.07. The first-order valence-corrected chi connectivity index (χ1v) is 10.3. The number of carbonyl (C=O) groups is 1. The first-order chi connectivity index (χ1) is 14.2. The topological polar surface area (TPSA) is 63.7 Å². The average molecular weight is 410 g/mol. The molecule has 0 spiro atoms. The molecule has 1 fully saturated rings. The van der Waals surface area contributed by atoms with Gasteiger partial charge in [0, 0.05) is 31.4 Å². The first-order valence-electron chi connectivity index (χ1n) is 9.49. The van der Waals surface area contributed by atoms with E-state index in [0.717, 1.165) is 45.6 Å². The van der Waals surface area contributed by atoms with E-state index in [-0.39, 0.29) is 5.91 Å².